The number of nitrogens with zero attached hydrogens (tertiary/aromatic N) is 1. The Hall–Kier alpha value is -2.56. The van der Waals surface area contributed by atoms with Gasteiger partial charge in [-0.3, -0.25) is 4.79 Å². The predicted molar refractivity (Wildman–Crippen MR) is 76.8 cm³/mol. The van der Waals surface area contributed by atoms with Gasteiger partial charge in [-0.15, -0.1) is 0 Å². The molecule has 0 saturated carbocycles. The van der Waals surface area contributed by atoms with Crippen molar-refractivity contribution in [2.45, 2.75) is 0 Å². The number of nitrogens with one attached hydrogen (secondary N) is 1. The van der Waals surface area contributed by atoms with E-state index in [1.165, 1.54) is 0 Å². The van der Waals surface area contributed by atoms with Crippen LogP contribution in [0.2, 0.25) is 0 Å². The second kappa shape index (κ2) is 5.61. The van der Waals surface area contributed by atoms with E-state index in [0.29, 0.717) is 5.69 Å². The van der Waals surface area contributed by atoms with Gasteiger partial charge < -0.3 is 15.3 Å². The molecule has 2 rings (SSSR count). The fourth-order valence-corrected chi connectivity index (χ4v) is 1.85. The average Bonchev–Trinajstić information content (AvgIpc) is 2.41. The van der Waals surface area contributed by atoms with Crippen LogP contribution in [0.3, 0.4) is 0 Å². The molecule has 1 amide bonds. The zero-order valence-corrected chi connectivity index (χ0v) is 11.2. The van der Waals surface area contributed by atoms with E-state index in [1.807, 2.05) is 31.1 Å². The maximum Gasteiger partial charge on any atom is 0.259 e. The molecule has 0 aliphatic rings. The van der Waals surface area contributed by atoms with Gasteiger partial charge in [-0.25, -0.2) is 4.39 Å². The molecule has 2 N–H and O–H groups in total. The second-order valence-corrected chi connectivity index (χ2v) is 4.53. The van der Waals surface area contributed by atoms with Crippen LogP contribution in [0.4, 0.5) is 15.8 Å². The van der Waals surface area contributed by atoms with Gasteiger partial charge >= 0.3 is 0 Å². The van der Waals surface area contributed by atoms with Crippen molar-refractivity contribution < 1.29 is 14.3 Å². The van der Waals surface area contributed by atoms with Gasteiger partial charge in [0, 0.05) is 14.1 Å². The number of hydrogen-bond donors (Lipinski definition) is 2. The highest BCUT2D eigenvalue weighted by Crippen LogP contribution is 2.25. The van der Waals surface area contributed by atoms with E-state index in [1.54, 1.807) is 12.1 Å². The van der Waals surface area contributed by atoms with E-state index in [-0.39, 0.29) is 11.3 Å². The number of rotatable bonds is 3. The highest BCUT2D eigenvalue weighted by molar-refractivity contribution is 6.07. The van der Waals surface area contributed by atoms with Gasteiger partial charge in [0.15, 0.2) is 0 Å². The Balaban J connectivity index is 2.31. The minimum absolute atomic E-state index is 0.0986. The maximum absolute atomic E-state index is 13.2. The second-order valence-electron chi connectivity index (χ2n) is 4.53. The number of hydrogen-bond acceptors (Lipinski definition) is 3. The van der Waals surface area contributed by atoms with Crippen LogP contribution in [-0.2, 0) is 0 Å². The topological polar surface area (TPSA) is 52.6 Å². The van der Waals surface area contributed by atoms with Crippen molar-refractivity contribution in [3.63, 3.8) is 0 Å². The van der Waals surface area contributed by atoms with Gasteiger partial charge in [0.2, 0.25) is 0 Å². The van der Waals surface area contributed by atoms with Crippen LogP contribution in [0.25, 0.3) is 0 Å². The van der Waals surface area contributed by atoms with Gasteiger partial charge in [0.25, 0.3) is 5.91 Å². The van der Waals surface area contributed by atoms with Crippen LogP contribution < -0.4 is 10.2 Å². The first-order valence-corrected chi connectivity index (χ1v) is 6.05. The Kier molecular flexibility index (Phi) is 3.89. The molecule has 0 spiro atoms. The van der Waals surface area contributed by atoms with E-state index in [2.05, 4.69) is 5.32 Å². The Morgan fingerprint density at radius 2 is 1.90 bits per heavy atom. The van der Waals surface area contributed by atoms with Crippen molar-refractivity contribution >= 4 is 17.3 Å². The molecular formula is C15H15FN2O2. The van der Waals surface area contributed by atoms with Crippen molar-refractivity contribution in [2.75, 3.05) is 24.3 Å². The minimum Gasteiger partial charge on any atom is -0.507 e. The highest BCUT2D eigenvalue weighted by atomic mass is 19.1. The number of para-hydroxylation sites is 2. The van der Waals surface area contributed by atoms with Crippen LogP contribution in [0.15, 0.2) is 42.5 Å². The lowest BCUT2D eigenvalue weighted by Crippen LogP contribution is -2.16. The Morgan fingerprint density at radius 1 is 1.20 bits per heavy atom. The number of benzene rings is 2. The molecule has 104 valence electrons. The largest absolute Gasteiger partial charge is 0.507 e. The number of halogens is 1. The first-order chi connectivity index (χ1) is 9.49. The van der Waals surface area contributed by atoms with E-state index in [4.69, 9.17) is 0 Å². The van der Waals surface area contributed by atoms with Crippen molar-refractivity contribution in [1.29, 1.82) is 0 Å². The third kappa shape index (κ3) is 2.88. The van der Waals surface area contributed by atoms with E-state index < -0.39 is 11.7 Å². The molecule has 2 aromatic carbocycles. The molecule has 0 atom stereocenters. The number of carbonyl (C=O) groups excluding carboxylic acids is 1. The predicted octanol–water partition coefficient (Wildman–Crippen LogP) is 2.85. The van der Waals surface area contributed by atoms with Crippen LogP contribution in [0.5, 0.6) is 5.75 Å². The summed E-state index contributed by atoms with van der Waals surface area (Å²) in [5, 5.41) is 12.3. The SMILES string of the molecule is CN(C)c1ccccc1NC(=O)c1cc(F)ccc1O. The lowest BCUT2D eigenvalue weighted by molar-refractivity contribution is 0.102. The molecule has 0 saturated heterocycles. The van der Waals surface area contributed by atoms with Crippen molar-refractivity contribution in [2.24, 2.45) is 0 Å². The summed E-state index contributed by atoms with van der Waals surface area (Å²) in [7, 11) is 3.70. The van der Waals surface area contributed by atoms with Crippen molar-refractivity contribution in [3.8, 4) is 5.75 Å². The normalized spacial score (nSPS) is 10.2. The molecule has 0 radical (unpaired) electrons. The first kappa shape index (κ1) is 13.9. The van der Waals surface area contributed by atoms with E-state index in [0.717, 1.165) is 23.9 Å². The van der Waals surface area contributed by atoms with Gasteiger partial charge in [0.05, 0.1) is 16.9 Å². The zero-order valence-electron chi connectivity index (χ0n) is 11.2. The van der Waals surface area contributed by atoms with Crippen LogP contribution in [0, 0.1) is 5.82 Å². The number of aromatic hydroxyl groups is 1. The molecular weight excluding hydrogens is 259 g/mol. The summed E-state index contributed by atoms with van der Waals surface area (Å²) in [6.45, 7) is 0. The summed E-state index contributed by atoms with van der Waals surface area (Å²) in [6, 6.07) is 10.5. The molecule has 4 nitrogen and oxygen atoms in total. The number of anilines is 2. The van der Waals surface area contributed by atoms with Crippen LogP contribution in [0.1, 0.15) is 10.4 Å². The van der Waals surface area contributed by atoms with Crippen molar-refractivity contribution in [1.82, 2.24) is 0 Å². The lowest BCUT2D eigenvalue weighted by atomic mass is 10.1. The quantitative estimate of drug-likeness (QED) is 0.905. The molecule has 0 aliphatic carbocycles. The summed E-state index contributed by atoms with van der Waals surface area (Å²) < 4.78 is 13.2. The fraction of sp³-hybridized carbons (Fsp3) is 0.133. The fourth-order valence-electron chi connectivity index (χ4n) is 1.85. The minimum atomic E-state index is -0.575. The van der Waals surface area contributed by atoms with Crippen molar-refractivity contribution in [3.05, 3.63) is 53.8 Å². The summed E-state index contributed by atoms with van der Waals surface area (Å²) in [5.41, 5.74) is 1.31. The number of phenols is 1. The van der Waals surface area contributed by atoms with Gasteiger partial charge in [-0.1, -0.05) is 12.1 Å². The summed E-state index contributed by atoms with van der Waals surface area (Å²) in [4.78, 5) is 14.0. The standard InChI is InChI=1S/C15H15FN2O2/c1-18(2)13-6-4-3-5-12(13)17-15(20)11-9-10(16)7-8-14(11)19/h3-9,19H,1-2H3,(H,17,20). The Labute approximate surface area is 116 Å². The van der Waals surface area contributed by atoms with Crippen LogP contribution >= 0.6 is 0 Å². The molecule has 0 fully saturated rings. The maximum atomic E-state index is 13.2. The molecule has 0 bridgehead atoms. The summed E-state index contributed by atoms with van der Waals surface area (Å²) >= 11 is 0. The van der Waals surface area contributed by atoms with E-state index in [9.17, 15) is 14.3 Å². The third-order valence-corrected chi connectivity index (χ3v) is 2.84. The highest BCUT2D eigenvalue weighted by Gasteiger charge is 2.14. The average molecular weight is 274 g/mol. The smallest absolute Gasteiger partial charge is 0.259 e. The summed E-state index contributed by atoms with van der Waals surface area (Å²) in [5.74, 6) is -1.39. The molecule has 0 aliphatic heterocycles. The molecule has 2 aromatic rings. The molecule has 5 heteroatoms. The monoisotopic (exact) mass is 274 g/mol. The Morgan fingerprint density at radius 3 is 2.60 bits per heavy atom. The number of phenolic OH excluding ortho intramolecular Hbond substituents is 1. The molecule has 0 unspecified atom stereocenters. The first-order valence-electron chi connectivity index (χ1n) is 6.05. The number of carbonyl (C=O) groups is 1. The zero-order chi connectivity index (χ0) is 14.7. The third-order valence-electron chi connectivity index (χ3n) is 2.84. The van der Waals surface area contributed by atoms with E-state index >= 15 is 0 Å². The lowest BCUT2D eigenvalue weighted by Gasteiger charge is -2.17. The molecule has 0 heterocycles. The van der Waals surface area contributed by atoms with Gasteiger partial charge in [0.1, 0.15) is 11.6 Å². The Bertz CT molecular complexity index is 642. The van der Waals surface area contributed by atoms with Gasteiger partial charge in [-0.2, -0.15) is 0 Å². The van der Waals surface area contributed by atoms with Crippen LogP contribution in [-0.4, -0.2) is 25.1 Å². The number of amides is 1. The molecule has 20 heavy (non-hydrogen) atoms. The van der Waals surface area contributed by atoms with Gasteiger partial charge in [-0.05, 0) is 30.3 Å². The molecule has 0 aromatic heterocycles. The summed E-state index contributed by atoms with van der Waals surface area (Å²) in [6.07, 6.45) is 0.